The number of Topliss-reactive ketones (excluding diaryl/α,β-unsaturated/α-hetero) is 1. The number of hydrogen-bond donors (Lipinski definition) is 0. The lowest BCUT2D eigenvalue weighted by Crippen LogP contribution is -2.40. The number of ketones is 1. The van der Waals surface area contributed by atoms with E-state index in [4.69, 9.17) is 0 Å². The highest BCUT2D eigenvalue weighted by atomic mass is 16.2. The highest BCUT2D eigenvalue weighted by Crippen LogP contribution is 2.06. The number of piperidine rings is 1. The van der Waals surface area contributed by atoms with Crippen LogP contribution in [0, 0.1) is 0 Å². The van der Waals surface area contributed by atoms with E-state index >= 15 is 0 Å². The molecule has 1 amide bonds. The van der Waals surface area contributed by atoms with Crippen LogP contribution in [-0.2, 0) is 16.1 Å². The van der Waals surface area contributed by atoms with Crippen LogP contribution in [0.2, 0.25) is 0 Å². The van der Waals surface area contributed by atoms with Crippen molar-refractivity contribution in [3.63, 3.8) is 0 Å². The fourth-order valence-electron chi connectivity index (χ4n) is 1.81. The fourth-order valence-corrected chi connectivity index (χ4v) is 1.81. The molecule has 1 aromatic rings. The maximum absolute atomic E-state index is 11.9. The third-order valence-electron chi connectivity index (χ3n) is 2.85. The minimum absolute atomic E-state index is 0.0128. The molecule has 0 N–H and O–H groups in total. The van der Waals surface area contributed by atoms with Gasteiger partial charge in [0.1, 0.15) is 12.3 Å². The van der Waals surface area contributed by atoms with Crippen LogP contribution in [0.5, 0.6) is 0 Å². The second-order valence-corrected chi connectivity index (χ2v) is 4.13. The lowest BCUT2D eigenvalue weighted by Gasteiger charge is -2.26. The lowest BCUT2D eigenvalue weighted by molar-refractivity contribution is -0.135. The van der Waals surface area contributed by atoms with Crippen molar-refractivity contribution < 1.29 is 9.59 Å². The molecule has 1 saturated heterocycles. The Morgan fingerprint density at radius 2 is 1.71 bits per heavy atom. The van der Waals surface area contributed by atoms with E-state index in [-0.39, 0.29) is 23.7 Å². The van der Waals surface area contributed by atoms with Crippen LogP contribution in [-0.4, -0.2) is 34.2 Å². The van der Waals surface area contributed by atoms with Crippen molar-refractivity contribution in [1.82, 2.24) is 9.47 Å². The van der Waals surface area contributed by atoms with Gasteiger partial charge in [0, 0.05) is 50.5 Å². The fraction of sp³-hybridized carbons (Fsp3) is 0.417. The third kappa shape index (κ3) is 3.03. The van der Waals surface area contributed by atoms with Crippen LogP contribution >= 0.6 is 0 Å². The van der Waals surface area contributed by atoms with Gasteiger partial charge in [0.15, 0.2) is 5.43 Å². The predicted molar refractivity (Wildman–Crippen MR) is 61.5 cm³/mol. The summed E-state index contributed by atoms with van der Waals surface area (Å²) in [5, 5.41) is 0. The largest absolute Gasteiger partial charge is 0.345 e. The Kier molecular flexibility index (Phi) is 3.37. The van der Waals surface area contributed by atoms with Crippen molar-refractivity contribution >= 4 is 11.7 Å². The van der Waals surface area contributed by atoms with Crippen LogP contribution in [0.25, 0.3) is 0 Å². The van der Waals surface area contributed by atoms with Crippen LogP contribution < -0.4 is 5.43 Å². The minimum Gasteiger partial charge on any atom is -0.345 e. The first-order chi connectivity index (χ1) is 8.15. The van der Waals surface area contributed by atoms with Gasteiger partial charge in [0.05, 0.1) is 0 Å². The van der Waals surface area contributed by atoms with E-state index in [0.717, 1.165) is 0 Å². The quantitative estimate of drug-likeness (QED) is 0.726. The molecule has 2 heterocycles. The first-order valence-electron chi connectivity index (χ1n) is 5.61. The Morgan fingerprint density at radius 1 is 1.12 bits per heavy atom. The molecule has 90 valence electrons. The lowest BCUT2D eigenvalue weighted by atomic mass is 10.1. The van der Waals surface area contributed by atoms with Gasteiger partial charge in [0.2, 0.25) is 5.91 Å². The summed E-state index contributed by atoms with van der Waals surface area (Å²) in [6.45, 7) is 1.24. The first-order valence-corrected chi connectivity index (χ1v) is 5.61. The van der Waals surface area contributed by atoms with Crippen molar-refractivity contribution in [2.45, 2.75) is 19.4 Å². The zero-order chi connectivity index (χ0) is 12.3. The van der Waals surface area contributed by atoms with E-state index in [0.29, 0.717) is 25.9 Å². The summed E-state index contributed by atoms with van der Waals surface area (Å²) in [6, 6.07) is 2.85. The molecule has 1 aromatic heterocycles. The number of pyridine rings is 1. The average molecular weight is 234 g/mol. The highest BCUT2D eigenvalue weighted by Gasteiger charge is 2.20. The Bertz CT molecular complexity index is 462. The molecular weight excluding hydrogens is 220 g/mol. The molecule has 1 fully saturated rings. The Balaban J connectivity index is 1.95. The Labute approximate surface area is 98.7 Å². The van der Waals surface area contributed by atoms with Crippen LogP contribution in [0.3, 0.4) is 0 Å². The monoisotopic (exact) mass is 234 g/mol. The second kappa shape index (κ2) is 4.95. The van der Waals surface area contributed by atoms with Crippen molar-refractivity contribution in [2.24, 2.45) is 0 Å². The molecular formula is C12H14N2O3. The molecule has 0 spiro atoms. The summed E-state index contributed by atoms with van der Waals surface area (Å²) < 4.78 is 1.67. The zero-order valence-electron chi connectivity index (χ0n) is 9.46. The van der Waals surface area contributed by atoms with Gasteiger partial charge < -0.3 is 9.47 Å². The molecule has 0 bridgehead atoms. The van der Waals surface area contributed by atoms with E-state index in [1.807, 2.05) is 0 Å². The molecule has 0 aliphatic carbocycles. The van der Waals surface area contributed by atoms with Gasteiger partial charge >= 0.3 is 0 Å². The Hall–Kier alpha value is -1.91. The number of likely N-dealkylation sites (tertiary alicyclic amines) is 1. The van der Waals surface area contributed by atoms with Gasteiger partial charge in [-0.2, -0.15) is 0 Å². The summed E-state index contributed by atoms with van der Waals surface area (Å²) in [5.41, 5.74) is -0.0720. The number of carbonyl (C=O) groups excluding carboxylic acids is 2. The smallest absolute Gasteiger partial charge is 0.242 e. The van der Waals surface area contributed by atoms with E-state index in [2.05, 4.69) is 0 Å². The molecule has 1 aliphatic heterocycles. The van der Waals surface area contributed by atoms with Crippen molar-refractivity contribution in [3.05, 3.63) is 34.7 Å². The normalized spacial score (nSPS) is 16.0. The molecule has 2 rings (SSSR count). The van der Waals surface area contributed by atoms with Crippen LogP contribution in [0.4, 0.5) is 0 Å². The molecule has 1 aliphatic rings. The average Bonchev–Trinajstić information content (AvgIpc) is 2.33. The van der Waals surface area contributed by atoms with Gasteiger partial charge in [-0.15, -0.1) is 0 Å². The van der Waals surface area contributed by atoms with E-state index in [1.54, 1.807) is 21.9 Å². The SMILES string of the molecule is O=C1CCN(C(=O)Cn2ccc(=O)cc2)CC1. The van der Waals surface area contributed by atoms with Crippen LogP contribution in [0.15, 0.2) is 29.3 Å². The topological polar surface area (TPSA) is 59.4 Å². The zero-order valence-corrected chi connectivity index (χ0v) is 9.46. The molecule has 0 radical (unpaired) electrons. The maximum atomic E-state index is 11.9. The molecule has 0 unspecified atom stereocenters. The molecule has 0 atom stereocenters. The first kappa shape index (κ1) is 11.6. The van der Waals surface area contributed by atoms with Crippen LogP contribution in [0.1, 0.15) is 12.8 Å². The molecule has 5 nitrogen and oxygen atoms in total. The van der Waals surface area contributed by atoms with Gasteiger partial charge in [-0.3, -0.25) is 14.4 Å². The van der Waals surface area contributed by atoms with Crippen molar-refractivity contribution in [2.75, 3.05) is 13.1 Å². The number of carbonyl (C=O) groups is 2. The van der Waals surface area contributed by atoms with Gasteiger partial charge in [-0.05, 0) is 0 Å². The number of rotatable bonds is 2. The van der Waals surface area contributed by atoms with Gasteiger partial charge in [0.25, 0.3) is 0 Å². The summed E-state index contributed by atoms with van der Waals surface area (Å²) in [5.74, 6) is 0.207. The third-order valence-corrected chi connectivity index (χ3v) is 2.85. The van der Waals surface area contributed by atoms with Gasteiger partial charge in [-0.1, -0.05) is 0 Å². The van der Waals surface area contributed by atoms with Gasteiger partial charge in [-0.25, -0.2) is 0 Å². The minimum atomic E-state index is -0.0720. The van der Waals surface area contributed by atoms with Crippen molar-refractivity contribution in [3.8, 4) is 0 Å². The summed E-state index contributed by atoms with van der Waals surface area (Å²) in [7, 11) is 0. The number of aromatic nitrogens is 1. The highest BCUT2D eigenvalue weighted by molar-refractivity contribution is 5.83. The number of nitrogens with zero attached hydrogens (tertiary/aromatic N) is 2. The molecule has 0 saturated carbocycles. The Morgan fingerprint density at radius 3 is 2.29 bits per heavy atom. The summed E-state index contributed by atoms with van der Waals surface area (Å²) in [6.07, 6.45) is 4.09. The standard InChI is InChI=1S/C12H14N2O3/c15-10-1-5-13(6-2-10)9-12(17)14-7-3-11(16)4-8-14/h1-2,5-6H,3-4,7-9H2. The molecule has 5 heteroatoms. The van der Waals surface area contributed by atoms with E-state index in [9.17, 15) is 14.4 Å². The number of hydrogen-bond acceptors (Lipinski definition) is 3. The van der Waals surface area contributed by atoms with E-state index in [1.165, 1.54) is 12.1 Å². The second-order valence-electron chi connectivity index (χ2n) is 4.13. The molecule has 0 aromatic carbocycles. The number of amides is 1. The molecule has 17 heavy (non-hydrogen) atoms. The van der Waals surface area contributed by atoms with Crippen molar-refractivity contribution in [1.29, 1.82) is 0 Å². The van der Waals surface area contributed by atoms with E-state index < -0.39 is 0 Å². The predicted octanol–water partition coefficient (Wildman–Crippen LogP) is 0.0398. The summed E-state index contributed by atoms with van der Waals surface area (Å²) >= 11 is 0. The summed E-state index contributed by atoms with van der Waals surface area (Å²) in [4.78, 5) is 35.5. The maximum Gasteiger partial charge on any atom is 0.242 e.